The Morgan fingerprint density at radius 2 is 1.72 bits per heavy atom. The van der Waals surface area contributed by atoms with Crippen LogP contribution in [0.25, 0.3) is 11.1 Å². The lowest BCUT2D eigenvalue weighted by atomic mass is 10.0. The van der Waals surface area contributed by atoms with Crippen molar-refractivity contribution in [3.63, 3.8) is 0 Å². The van der Waals surface area contributed by atoms with Crippen LogP contribution in [0, 0.1) is 0 Å². The van der Waals surface area contributed by atoms with Crippen LogP contribution in [0.3, 0.4) is 0 Å². The predicted octanol–water partition coefficient (Wildman–Crippen LogP) is 2.44. The molecule has 2 aromatic rings. The van der Waals surface area contributed by atoms with Crippen LogP contribution in [-0.2, 0) is 4.79 Å². The molecule has 0 heterocycles. The molecule has 0 spiro atoms. The summed E-state index contributed by atoms with van der Waals surface area (Å²) in [5.74, 6) is -0.0145. The summed E-state index contributed by atoms with van der Waals surface area (Å²) in [5, 5.41) is 0. The fourth-order valence-electron chi connectivity index (χ4n) is 1.70. The maximum atomic E-state index is 11.1. The largest absolute Gasteiger partial charge is 0.424 e. The first-order valence-electron chi connectivity index (χ1n) is 5.51. The van der Waals surface area contributed by atoms with Gasteiger partial charge in [0, 0.05) is 18.2 Å². The van der Waals surface area contributed by atoms with Gasteiger partial charge >= 0.3 is 5.97 Å². The lowest BCUT2D eigenvalue weighted by Crippen LogP contribution is -2.05. The molecule has 92 valence electrons. The molecule has 4 N–H and O–H groups in total. The molecule has 0 radical (unpaired) electrons. The lowest BCUT2D eigenvalue weighted by Gasteiger charge is -2.11. The van der Waals surface area contributed by atoms with Gasteiger partial charge in [-0.15, -0.1) is 0 Å². The summed E-state index contributed by atoms with van der Waals surface area (Å²) in [4.78, 5) is 11.1. The van der Waals surface area contributed by atoms with Gasteiger partial charge in [-0.2, -0.15) is 0 Å². The van der Waals surface area contributed by atoms with Crippen LogP contribution in [0.2, 0.25) is 0 Å². The van der Waals surface area contributed by atoms with Crippen LogP contribution in [-0.4, -0.2) is 5.97 Å². The molecule has 0 bridgehead atoms. The lowest BCUT2D eigenvalue weighted by molar-refractivity contribution is -0.131. The number of carbonyl (C=O) groups is 1. The van der Waals surface area contributed by atoms with Gasteiger partial charge in [0.25, 0.3) is 0 Å². The highest BCUT2D eigenvalue weighted by molar-refractivity contribution is 5.82. The third-order valence-corrected chi connectivity index (χ3v) is 2.51. The molecule has 0 unspecified atom stereocenters. The average Bonchev–Trinajstić information content (AvgIpc) is 2.32. The van der Waals surface area contributed by atoms with Crippen molar-refractivity contribution in [2.24, 2.45) is 0 Å². The summed E-state index contributed by atoms with van der Waals surface area (Å²) >= 11 is 0. The maximum absolute atomic E-state index is 11.1. The molecule has 0 atom stereocenters. The molecule has 0 fully saturated rings. The first-order chi connectivity index (χ1) is 8.58. The van der Waals surface area contributed by atoms with E-state index in [2.05, 4.69) is 0 Å². The zero-order valence-corrected chi connectivity index (χ0v) is 10.0. The summed E-state index contributed by atoms with van der Waals surface area (Å²) in [6.07, 6.45) is 0. The summed E-state index contributed by atoms with van der Waals surface area (Å²) < 4.78 is 5.17. The van der Waals surface area contributed by atoms with E-state index in [9.17, 15) is 4.79 Å². The van der Waals surface area contributed by atoms with E-state index >= 15 is 0 Å². The van der Waals surface area contributed by atoms with Gasteiger partial charge in [0.05, 0.1) is 5.69 Å². The molecular weight excluding hydrogens is 228 g/mol. The Balaban J connectivity index is 2.53. The Morgan fingerprint density at radius 1 is 1.06 bits per heavy atom. The minimum atomic E-state index is -0.399. The average molecular weight is 242 g/mol. The first kappa shape index (κ1) is 12.0. The fraction of sp³-hybridized carbons (Fsp3) is 0.0714. The van der Waals surface area contributed by atoms with Crippen molar-refractivity contribution in [2.75, 3.05) is 11.5 Å². The molecule has 18 heavy (non-hydrogen) atoms. The van der Waals surface area contributed by atoms with Crippen molar-refractivity contribution in [3.8, 4) is 16.9 Å². The van der Waals surface area contributed by atoms with E-state index in [4.69, 9.17) is 16.2 Å². The van der Waals surface area contributed by atoms with Crippen molar-refractivity contribution in [3.05, 3.63) is 42.5 Å². The second-order valence-corrected chi connectivity index (χ2v) is 3.94. The van der Waals surface area contributed by atoms with Crippen molar-refractivity contribution >= 4 is 17.3 Å². The number of ether oxygens (including phenoxy) is 1. The minimum Gasteiger partial charge on any atom is -0.424 e. The van der Waals surface area contributed by atoms with Crippen LogP contribution in [0.15, 0.2) is 42.5 Å². The van der Waals surface area contributed by atoms with Crippen LogP contribution in [0.5, 0.6) is 5.75 Å². The second kappa shape index (κ2) is 4.79. The van der Waals surface area contributed by atoms with Gasteiger partial charge < -0.3 is 16.2 Å². The standard InChI is InChI=1S/C14H14N2O2/c1-9(17)18-14-12(3-2-4-13(14)16)10-5-7-11(15)8-6-10/h2-8H,15-16H2,1H3. The summed E-state index contributed by atoms with van der Waals surface area (Å²) in [5.41, 5.74) is 14.3. The zero-order chi connectivity index (χ0) is 13.1. The molecule has 0 aliphatic heterocycles. The number of hydrogen-bond acceptors (Lipinski definition) is 4. The Labute approximate surface area is 105 Å². The maximum Gasteiger partial charge on any atom is 0.308 e. The van der Waals surface area contributed by atoms with Gasteiger partial charge in [0.1, 0.15) is 0 Å². The zero-order valence-electron chi connectivity index (χ0n) is 10.0. The summed E-state index contributed by atoms with van der Waals surface area (Å²) in [7, 11) is 0. The van der Waals surface area contributed by atoms with Gasteiger partial charge in [-0.1, -0.05) is 24.3 Å². The molecule has 0 saturated heterocycles. The van der Waals surface area contributed by atoms with Crippen LogP contribution >= 0.6 is 0 Å². The number of carbonyl (C=O) groups excluding carboxylic acids is 1. The van der Waals surface area contributed by atoms with E-state index in [0.717, 1.165) is 11.1 Å². The smallest absolute Gasteiger partial charge is 0.308 e. The third-order valence-electron chi connectivity index (χ3n) is 2.51. The molecule has 0 aromatic heterocycles. The second-order valence-electron chi connectivity index (χ2n) is 3.94. The Hall–Kier alpha value is -2.49. The van der Waals surface area contributed by atoms with Gasteiger partial charge in [-0.05, 0) is 23.8 Å². The van der Waals surface area contributed by atoms with E-state index in [-0.39, 0.29) is 0 Å². The number of para-hydroxylation sites is 1. The Morgan fingerprint density at radius 3 is 2.33 bits per heavy atom. The van der Waals surface area contributed by atoms with Crippen molar-refractivity contribution < 1.29 is 9.53 Å². The molecule has 4 nitrogen and oxygen atoms in total. The van der Waals surface area contributed by atoms with Gasteiger partial charge in [0.2, 0.25) is 0 Å². The van der Waals surface area contributed by atoms with E-state index in [1.54, 1.807) is 18.2 Å². The summed E-state index contributed by atoms with van der Waals surface area (Å²) in [6.45, 7) is 1.35. The topological polar surface area (TPSA) is 78.3 Å². The number of hydrogen-bond donors (Lipinski definition) is 2. The molecule has 4 heteroatoms. The van der Waals surface area contributed by atoms with Crippen molar-refractivity contribution in [1.82, 2.24) is 0 Å². The van der Waals surface area contributed by atoms with Gasteiger partial charge in [0.15, 0.2) is 5.75 Å². The SMILES string of the molecule is CC(=O)Oc1c(N)cccc1-c1ccc(N)cc1. The van der Waals surface area contributed by atoms with E-state index in [1.807, 2.05) is 24.3 Å². The first-order valence-corrected chi connectivity index (χ1v) is 5.51. The molecule has 0 saturated carbocycles. The Kier molecular flexibility index (Phi) is 3.19. The van der Waals surface area contributed by atoms with E-state index in [1.165, 1.54) is 6.92 Å². The fourth-order valence-corrected chi connectivity index (χ4v) is 1.70. The van der Waals surface area contributed by atoms with E-state index < -0.39 is 5.97 Å². The van der Waals surface area contributed by atoms with Crippen LogP contribution < -0.4 is 16.2 Å². The Bertz CT molecular complexity index is 577. The molecule has 2 rings (SSSR count). The molecule has 0 aliphatic rings. The van der Waals surface area contributed by atoms with Gasteiger partial charge in [-0.25, -0.2) is 0 Å². The number of anilines is 2. The minimum absolute atomic E-state index is 0.384. The number of nitrogens with two attached hydrogens (primary N) is 2. The number of benzene rings is 2. The number of nitrogen functional groups attached to an aromatic ring is 2. The van der Waals surface area contributed by atoms with Crippen LogP contribution in [0.1, 0.15) is 6.92 Å². The van der Waals surface area contributed by atoms with E-state index in [0.29, 0.717) is 17.1 Å². The van der Waals surface area contributed by atoms with Crippen molar-refractivity contribution in [1.29, 1.82) is 0 Å². The third kappa shape index (κ3) is 2.43. The number of rotatable bonds is 2. The molecular formula is C14H14N2O2. The normalized spacial score (nSPS) is 10.1. The number of esters is 1. The van der Waals surface area contributed by atoms with Crippen molar-refractivity contribution in [2.45, 2.75) is 6.92 Å². The highest BCUT2D eigenvalue weighted by atomic mass is 16.5. The van der Waals surface area contributed by atoms with Gasteiger partial charge in [-0.3, -0.25) is 4.79 Å². The van der Waals surface area contributed by atoms with Crippen LogP contribution in [0.4, 0.5) is 11.4 Å². The molecule has 2 aromatic carbocycles. The monoisotopic (exact) mass is 242 g/mol. The highest BCUT2D eigenvalue weighted by Gasteiger charge is 2.11. The summed E-state index contributed by atoms with van der Waals surface area (Å²) in [6, 6.07) is 12.6. The highest BCUT2D eigenvalue weighted by Crippen LogP contribution is 2.35. The quantitative estimate of drug-likeness (QED) is 0.481. The predicted molar refractivity (Wildman–Crippen MR) is 72.0 cm³/mol. The molecule has 0 aliphatic carbocycles. The molecule has 0 amide bonds.